The van der Waals surface area contributed by atoms with Crippen molar-refractivity contribution in [2.24, 2.45) is 0 Å². The van der Waals surface area contributed by atoms with Gasteiger partial charge >= 0.3 is 0 Å². The number of morpholine rings is 1. The van der Waals surface area contributed by atoms with Crippen LogP contribution in [0.15, 0.2) is 23.1 Å². The number of likely N-dealkylation sites (tertiary alicyclic amines) is 1. The third kappa shape index (κ3) is 5.36. The minimum Gasteiger partial charge on any atom is -0.378 e. The van der Waals surface area contributed by atoms with E-state index in [1.807, 2.05) is 4.90 Å². The fourth-order valence-electron chi connectivity index (χ4n) is 4.19. The van der Waals surface area contributed by atoms with E-state index in [4.69, 9.17) is 4.74 Å². The van der Waals surface area contributed by atoms with Crippen LogP contribution in [0.1, 0.15) is 31.2 Å². The molecule has 3 aliphatic heterocycles. The summed E-state index contributed by atoms with van der Waals surface area (Å²) >= 11 is 0.747. The molecule has 0 aliphatic carbocycles. The highest BCUT2D eigenvalue weighted by Crippen LogP contribution is 2.35. The van der Waals surface area contributed by atoms with Crippen molar-refractivity contribution >= 4 is 46.3 Å². The fraction of sp³-hybridized carbons (Fsp3) is 0.500. The second-order valence-electron chi connectivity index (χ2n) is 8.17. The Kier molecular flexibility index (Phi) is 7.29. The lowest BCUT2D eigenvalue weighted by Crippen LogP contribution is -2.42. The first kappa shape index (κ1) is 23.2. The zero-order chi connectivity index (χ0) is 23.4. The molecule has 0 N–H and O–H groups in total. The molecular formula is C22H26N4O6S. The summed E-state index contributed by atoms with van der Waals surface area (Å²) in [5.74, 6) is -0.779. The minimum atomic E-state index is -0.548. The number of hydrogen-bond donors (Lipinski definition) is 0. The number of nitrogens with zero attached hydrogens (tertiary/aromatic N) is 4. The number of hydrogen-bond acceptors (Lipinski definition) is 8. The number of carbonyl (C=O) groups excluding carboxylic acids is 3. The maximum Gasteiger partial charge on any atom is 0.294 e. The summed E-state index contributed by atoms with van der Waals surface area (Å²) in [6, 6.07) is 4.75. The van der Waals surface area contributed by atoms with Gasteiger partial charge in [-0.05, 0) is 42.3 Å². The Labute approximate surface area is 195 Å². The first-order valence-electron chi connectivity index (χ1n) is 11.1. The molecule has 3 aliphatic rings. The number of amides is 3. The maximum atomic E-state index is 12.8. The van der Waals surface area contributed by atoms with Gasteiger partial charge in [0.1, 0.15) is 12.2 Å². The third-order valence-electron chi connectivity index (χ3n) is 5.97. The lowest BCUT2D eigenvalue weighted by atomic mass is 10.1. The van der Waals surface area contributed by atoms with Gasteiger partial charge in [-0.3, -0.25) is 29.4 Å². The van der Waals surface area contributed by atoms with Crippen molar-refractivity contribution in [2.45, 2.75) is 25.7 Å². The van der Waals surface area contributed by atoms with Crippen molar-refractivity contribution in [3.8, 4) is 0 Å². The van der Waals surface area contributed by atoms with Crippen LogP contribution >= 0.6 is 11.8 Å². The van der Waals surface area contributed by atoms with E-state index in [2.05, 4.69) is 0 Å². The van der Waals surface area contributed by atoms with Gasteiger partial charge in [-0.2, -0.15) is 0 Å². The number of anilines is 1. The van der Waals surface area contributed by atoms with Gasteiger partial charge in [0, 0.05) is 32.2 Å². The molecule has 0 bridgehead atoms. The molecule has 3 saturated heterocycles. The molecule has 0 atom stereocenters. The molecule has 0 saturated carbocycles. The van der Waals surface area contributed by atoms with Gasteiger partial charge in [0.05, 0.1) is 23.0 Å². The molecule has 0 spiro atoms. The number of imide groups is 1. The number of nitro groups is 1. The van der Waals surface area contributed by atoms with E-state index in [1.165, 1.54) is 12.1 Å². The Balaban J connectivity index is 1.50. The van der Waals surface area contributed by atoms with Crippen LogP contribution in [0.3, 0.4) is 0 Å². The van der Waals surface area contributed by atoms with Crippen LogP contribution < -0.4 is 4.90 Å². The molecular weight excluding hydrogens is 448 g/mol. The van der Waals surface area contributed by atoms with E-state index < -0.39 is 16.1 Å². The third-order valence-corrected chi connectivity index (χ3v) is 6.88. The van der Waals surface area contributed by atoms with E-state index >= 15 is 0 Å². The van der Waals surface area contributed by atoms with Crippen LogP contribution in [-0.4, -0.2) is 77.7 Å². The topological polar surface area (TPSA) is 113 Å². The fourth-order valence-corrected chi connectivity index (χ4v) is 5.03. The number of thioether (sulfide) groups is 1. The summed E-state index contributed by atoms with van der Waals surface area (Å²) in [6.07, 6.45) is 5.46. The van der Waals surface area contributed by atoms with Crippen LogP contribution in [0.4, 0.5) is 16.2 Å². The van der Waals surface area contributed by atoms with Crippen LogP contribution in [0.25, 0.3) is 6.08 Å². The molecule has 10 nitrogen and oxygen atoms in total. The molecule has 11 heteroatoms. The predicted octanol–water partition coefficient (Wildman–Crippen LogP) is 2.87. The number of benzene rings is 1. The summed E-state index contributed by atoms with van der Waals surface area (Å²) in [5.41, 5.74) is 0.876. The van der Waals surface area contributed by atoms with E-state index in [9.17, 15) is 24.5 Å². The van der Waals surface area contributed by atoms with Crippen LogP contribution in [-0.2, 0) is 14.3 Å². The summed E-state index contributed by atoms with van der Waals surface area (Å²) < 4.78 is 5.31. The molecule has 0 unspecified atom stereocenters. The van der Waals surface area contributed by atoms with Crippen molar-refractivity contribution < 1.29 is 24.0 Å². The highest BCUT2D eigenvalue weighted by molar-refractivity contribution is 8.18. The summed E-state index contributed by atoms with van der Waals surface area (Å²) in [5, 5.41) is 11.2. The predicted molar refractivity (Wildman–Crippen MR) is 124 cm³/mol. The Bertz CT molecular complexity index is 983. The zero-order valence-corrected chi connectivity index (χ0v) is 19.1. The molecule has 3 heterocycles. The van der Waals surface area contributed by atoms with Gasteiger partial charge in [-0.25, -0.2) is 0 Å². The van der Waals surface area contributed by atoms with Gasteiger partial charge in [0.25, 0.3) is 16.8 Å². The minimum absolute atomic E-state index is 0.0683. The smallest absolute Gasteiger partial charge is 0.294 e. The normalized spacial score (nSPS) is 21.0. The van der Waals surface area contributed by atoms with Crippen LogP contribution in [0.2, 0.25) is 0 Å². The van der Waals surface area contributed by atoms with Crippen molar-refractivity contribution in [2.75, 3.05) is 50.8 Å². The average Bonchev–Trinajstić information content (AvgIpc) is 3.00. The first-order valence-corrected chi connectivity index (χ1v) is 11.9. The van der Waals surface area contributed by atoms with Crippen molar-refractivity contribution in [1.82, 2.24) is 9.80 Å². The van der Waals surface area contributed by atoms with Gasteiger partial charge in [-0.1, -0.05) is 18.9 Å². The van der Waals surface area contributed by atoms with Gasteiger partial charge in [-0.15, -0.1) is 0 Å². The monoisotopic (exact) mass is 474 g/mol. The Hall–Kier alpha value is -2.92. The van der Waals surface area contributed by atoms with Gasteiger partial charge < -0.3 is 14.5 Å². The van der Waals surface area contributed by atoms with Crippen molar-refractivity contribution in [3.63, 3.8) is 0 Å². The molecule has 0 radical (unpaired) electrons. The Morgan fingerprint density at radius 1 is 1.09 bits per heavy atom. The molecule has 1 aromatic rings. The largest absolute Gasteiger partial charge is 0.378 e. The number of nitro benzene ring substituents is 1. The maximum absolute atomic E-state index is 12.8. The second-order valence-corrected chi connectivity index (χ2v) is 9.16. The summed E-state index contributed by atoms with van der Waals surface area (Å²) in [7, 11) is 0. The van der Waals surface area contributed by atoms with E-state index in [0.29, 0.717) is 50.6 Å². The van der Waals surface area contributed by atoms with Crippen molar-refractivity contribution in [1.29, 1.82) is 0 Å². The first-order chi connectivity index (χ1) is 15.9. The highest BCUT2D eigenvalue weighted by atomic mass is 32.2. The molecule has 33 heavy (non-hydrogen) atoms. The average molecular weight is 475 g/mol. The molecule has 4 rings (SSSR count). The van der Waals surface area contributed by atoms with E-state index in [0.717, 1.165) is 42.3 Å². The van der Waals surface area contributed by atoms with E-state index in [-0.39, 0.29) is 23.0 Å². The quantitative estimate of drug-likeness (QED) is 0.364. The lowest BCUT2D eigenvalue weighted by Gasteiger charge is -2.28. The Morgan fingerprint density at radius 2 is 1.79 bits per heavy atom. The van der Waals surface area contributed by atoms with Gasteiger partial charge in [0.15, 0.2) is 0 Å². The molecule has 1 aromatic carbocycles. The van der Waals surface area contributed by atoms with E-state index in [1.54, 1.807) is 17.0 Å². The number of rotatable bonds is 5. The Morgan fingerprint density at radius 3 is 2.45 bits per heavy atom. The van der Waals surface area contributed by atoms with Crippen LogP contribution in [0.5, 0.6) is 0 Å². The second kappa shape index (κ2) is 10.3. The van der Waals surface area contributed by atoms with Crippen molar-refractivity contribution in [3.05, 3.63) is 38.8 Å². The molecule has 0 aromatic heterocycles. The highest BCUT2D eigenvalue weighted by Gasteiger charge is 2.37. The summed E-state index contributed by atoms with van der Waals surface area (Å²) in [6.45, 7) is 3.13. The van der Waals surface area contributed by atoms with Gasteiger partial charge in [0.2, 0.25) is 5.91 Å². The SMILES string of the molecule is O=C(CN1C(=O)SC(=Cc2ccc(N3CCOCC3)c([N+](=O)[O-])c2)C1=O)N1CCCCCC1. The lowest BCUT2D eigenvalue weighted by molar-refractivity contribution is -0.384. The summed E-state index contributed by atoms with van der Waals surface area (Å²) in [4.78, 5) is 53.8. The zero-order valence-electron chi connectivity index (χ0n) is 18.2. The molecule has 3 amide bonds. The number of ether oxygens (including phenoxy) is 1. The molecule has 3 fully saturated rings. The standard InChI is InChI=1S/C22H26N4O6S/c27-20(24-7-3-1-2-4-8-24)15-25-21(28)19(33-22(25)29)14-16-5-6-17(18(13-16)26(30)31)23-9-11-32-12-10-23/h5-6,13-14H,1-4,7-12,15H2. The molecule has 176 valence electrons. The van der Waals surface area contributed by atoms with Crippen LogP contribution in [0, 0.1) is 10.1 Å². The number of carbonyl (C=O) groups is 3.